The maximum atomic E-state index is 13.2. The van der Waals surface area contributed by atoms with Crippen molar-refractivity contribution in [1.29, 1.82) is 0 Å². The zero-order valence-electron chi connectivity index (χ0n) is 8.10. The number of ketones is 1. The lowest BCUT2D eigenvalue weighted by molar-refractivity contribution is 0.0997. The van der Waals surface area contributed by atoms with Crippen molar-refractivity contribution >= 4 is 5.78 Å². The number of aryl methyl sites for hydroxylation is 1. The van der Waals surface area contributed by atoms with Gasteiger partial charge in [-0.2, -0.15) is 0 Å². The molecule has 14 heavy (non-hydrogen) atoms. The third-order valence-corrected chi connectivity index (χ3v) is 2.15. The van der Waals surface area contributed by atoms with Crippen LogP contribution in [0.1, 0.15) is 21.5 Å². The summed E-state index contributed by atoms with van der Waals surface area (Å²) >= 11 is 0. The van der Waals surface area contributed by atoms with E-state index < -0.39 is 11.6 Å². The molecule has 0 saturated heterocycles. The predicted octanol–water partition coefficient (Wildman–Crippen LogP) is 1.29. The Morgan fingerprint density at radius 1 is 1.57 bits per heavy atom. The Morgan fingerprint density at radius 2 is 2.14 bits per heavy atom. The topological polar surface area (TPSA) is 63.3 Å². The molecule has 1 aromatic rings. The third-order valence-electron chi connectivity index (χ3n) is 2.15. The fraction of sp³-hybridized carbons (Fsp3) is 0.300. The molecule has 0 amide bonds. The number of aromatic hydroxyl groups is 1. The van der Waals surface area contributed by atoms with Crippen LogP contribution in [0.4, 0.5) is 4.39 Å². The van der Waals surface area contributed by atoms with Crippen LogP contribution in [0, 0.1) is 19.7 Å². The summed E-state index contributed by atoms with van der Waals surface area (Å²) in [6.45, 7) is 2.74. The SMILES string of the molecule is Cc1cc(F)c(C)c(C(=O)CN)c1O. The number of halogens is 1. The highest BCUT2D eigenvalue weighted by molar-refractivity contribution is 6.01. The molecule has 0 aliphatic rings. The van der Waals surface area contributed by atoms with Gasteiger partial charge < -0.3 is 10.8 Å². The van der Waals surface area contributed by atoms with Crippen LogP contribution in [-0.4, -0.2) is 17.4 Å². The quantitative estimate of drug-likeness (QED) is 0.702. The van der Waals surface area contributed by atoms with Crippen molar-refractivity contribution in [3.63, 3.8) is 0 Å². The molecule has 0 atom stereocenters. The lowest BCUT2D eigenvalue weighted by Gasteiger charge is -2.09. The van der Waals surface area contributed by atoms with Crippen molar-refractivity contribution < 1.29 is 14.3 Å². The Hall–Kier alpha value is -1.42. The van der Waals surface area contributed by atoms with E-state index in [0.717, 1.165) is 0 Å². The molecular formula is C10H12FNO2. The molecule has 3 nitrogen and oxygen atoms in total. The molecule has 0 saturated carbocycles. The second-order valence-corrected chi connectivity index (χ2v) is 3.15. The Morgan fingerprint density at radius 3 is 2.64 bits per heavy atom. The van der Waals surface area contributed by atoms with E-state index in [1.54, 1.807) is 0 Å². The van der Waals surface area contributed by atoms with Crippen molar-refractivity contribution in [3.05, 3.63) is 28.6 Å². The summed E-state index contributed by atoms with van der Waals surface area (Å²) in [7, 11) is 0. The number of carbonyl (C=O) groups is 1. The molecule has 0 bridgehead atoms. The smallest absolute Gasteiger partial charge is 0.180 e. The van der Waals surface area contributed by atoms with Crippen molar-refractivity contribution in [3.8, 4) is 5.75 Å². The highest BCUT2D eigenvalue weighted by atomic mass is 19.1. The number of carbonyl (C=O) groups excluding carboxylic acids is 1. The number of phenolic OH excluding ortho intramolecular Hbond substituents is 1. The number of nitrogens with two attached hydrogens (primary N) is 1. The Kier molecular flexibility index (Phi) is 2.86. The van der Waals surface area contributed by atoms with Crippen LogP contribution in [-0.2, 0) is 0 Å². The van der Waals surface area contributed by atoms with Gasteiger partial charge >= 0.3 is 0 Å². The number of hydrogen-bond acceptors (Lipinski definition) is 3. The molecule has 4 heteroatoms. The summed E-state index contributed by atoms with van der Waals surface area (Å²) < 4.78 is 13.2. The highest BCUT2D eigenvalue weighted by Gasteiger charge is 2.17. The summed E-state index contributed by atoms with van der Waals surface area (Å²) in [4.78, 5) is 11.3. The van der Waals surface area contributed by atoms with Crippen molar-refractivity contribution in [2.45, 2.75) is 13.8 Å². The van der Waals surface area contributed by atoms with Crippen LogP contribution >= 0.6 is 0 Å². The molecule has 1 aromatic carbocycles. The number of benzene rings is 1. The van der Waals surface area contributed by atoms with Crippen LogP contribution in [0.25, 0.3) is 0 Å². The van der Waals surface area contributed by atoms with Gasteiger partial charge in [0.1, 0.15) is 11.6 Å². The summed E-state index contributed by atoms with van der Waals surface area (Å²) in [5.41, 5.74) is 5.63. The minimum Gasteiger partial charge on any atom is -0.507 e. The second-order valence-electron chi connectivity index (χ2n) is 3.15. The molecule has 1 rings (SSSR count). The Labute approximate surface area is 81.4 Å². The van der Waals surface area contributed by atoms with Gasteiger partial charge in [-0.15, -0.1) is 0 Å². The van der Waals surface area contributed by atoms with Gasteiger partial charge in [-0.25, -0.2) is 4.39 Å². The molecular weight excluding hydrogens is 185 g/mol. The molecule has 0 fully saturated rings. The molecule has 76 valence electrons. The van der Waals surface area contributed by atoms with Gasteiger partial charge in [0, 0.05) is 0 Å². The molecule has 0 radical (unpaired) electrons. The fourth-order valence-corrected chi connectivity index (χ4v) is 1.30. The van der Waals surface area contributed by atoms with Crippen LogP contribution in [0.15, 0.2) is 6.07 Å². The molecule has 0 unspecified atom stereocenters. The Bertz CT molecular complexity index is 362. The number of phenols is 1. The van der Waals surface area contributed by atoms with Gasteiger partial charge in [-0.3, -0.25) is 4.79 Å². The van der Waals surface area contributed by atoms with E-state index in [4.69, 9.17) is 5.73 Å². The fourth-order valence-electron chi connectivity index (χ4n) is 1.30. The van der Waals surface area contributed by atoms with Gasteiger partial charge in [0.05, 0.1) is 12.1 Å². The normalized spacial score (nSPS) is 10.3. The lowest BCUT2D eigenvalue weighted by Crippen LogP contribution is -2.16. The number of hydrogen-bond donors (Lipinski definition) is 2. The first-order chi connectivity index (χ1) is 6.49. The first kappa shape index (κ1) is 10.7. The van der Waals surface area contributed by atoms with Crippen molar-refractivity contribution in [2.24, 2.45) is 5.73 Å². The average molecular weight is 197 g/mol. The maximum Gasteiger partial charge on any atom is 0.180 e. The van der Waals surface area contributed by atoms with Gasteiger partial charge in [0.25, 0.3) is 0 Å². The van der Waals surface area contributed by atoms with Gasteiger partial charge in [-0.1, -0.05) is 0 Å². The Balaban J connectivity index is 3.47. The molecule has 0 aliphatic heterocycles. The largest absolute Gasteiger partial charge is 0.507 e. The van der Waals surface area contributed by atoms with Crippen molar-refractivity contribution in [1.82, 2.24) is 0 Å². The first-order valence-electron chi connectivity index (χ1n) is 4.21. The van der Waals surface area contributed by atoms with E-state index in [2.05, 4.69) is 0 Å². The monoisotopic (exact) mass is 197 g/mol. The van der Waals surface area contributed by atoms with E-state index in [1.807, 2.05) is 0 Å². The van der Waals surface area contributed by atoms with Crippen LogP contribution in [0.3, 0.4) is 0 Å². The van der Waals surface area contributed by atoms with E-state index in [9.17, 15) is 14.3 Å². The molecule has 0 spiro atoms. The van der Waals surface area contributed by atoms with Crippen LogP contribution in [0.5, 0.6) is 5.75 Å². The molecule has 0 aromatic heterocycles. The van der Waals surface area contributed by atoms with Crippen LogP contribution in [0.2, 0.25) is 0 Å². The first-order valence-corrected chi connectivity index (χ1v) is 4.21. The molecule has 0 heterocycles. The van der Waals surface area contributed by atoms with Gasteiger partial charge in [-0.05, 0) is 31.0 Å². The maximum absolute atomic E-state index is 13.2. The van der Waals surface area contributed by atoms with E-state index in [-0.39, 0.29) is 23.4 Å². The zero-order valence-corrected chi connectivity index (χ0v) is 8.10. The standard InChI is InChI=1S/C10H12FNO2/c1-5-3-7(11)6(2)9(10(5)14)8(13)4-12/h3,14H,4,12H2,1-2H3. The summed E-state index contributed by atoms with van der Waals surface area (Å²) in [5, 5.41) is 9.56. The van der Waals surface area contributed by atoms with E-state index >= 15 is 0 Å². The minimum absolute atomic E-state index is 0.00926. The second kappa shape index (κ2) is 3.75. The third kappa shape index (κ3) is 1.61. The molecule has 0 aliphatic carbocycles. The highest BCUT2D eigenvalue weighted by Crippen LogP contribution is 2.27. The van der Waals surface area contributed by atoms with E-state index in [1.165, 1.54) is 19.9 Å². The predicted molar refractivity (Wildman–Crippen MR) is 50.9 cm³/mol. The van der Waals surface area contributed by atoms with Crippen LogP contribution < -0.4 is 5.73 Å². The summed E-state index contributed by atoms with van der Waals surface area (Å²) in [6, 6.07) is 1.19. The summed E-state index contributed by atoms with van der Waals surface area (Å²) in [6.07, 6.45) is 0. The minimum atomic E-state index is -0.503. The summed E-state index contributed by atoms with van der Waals surface area (Å²) in [5.74, 6) is -1.14. The number of Topliss-reactive ketones (excluding diaryl/α,β-unsaturated/α-hetero) is 1. The van der Waals surface area contributed by atoms with E-state index in [0.29, 0.717) is 5.56 Å². The van der Waals surface area contributed by atoms with Crippen molar-refractivity contribution in [2.75, 3.05) is 6.54 Å². The lowest BCUT2D eigenvalue weighted by atomic mass is 9.99. The number of rotatable bonds is 2. The zero-order chi connectivity index (χ0) is 10.9. The average Bonchev–Trinajstić information content (AvgIpc) is 2.15. The van der Waals surface area contributed by atoms with Gasteiger partial charge in [0.2, 0.25) is 0 Å². The molecule has 3 N–H and O–H groups in total. The van der Waals surface area contributed by atoms with Gasteiger partial charge in [0.15, 0.2) is 5.78 Å².